The van der Waals surface area contributed by atoms with E-state index >= 15 is 0 Å². The first-order valence-electron chi connectivity index (χ1n) is 10.1. The van der Waals surface area contributed by atoms with Gasteiger partial charge in [0, 0.05) is 0 Å². The molecule has 1 atom stereocenters. The Kier molecular flexibility index (Phi) is 12.0. The third-order valence-corrected chi connectivity index (χ3v) is 5.16. The molecule has 0 aliphatic rings. The fourth-order valence-corrected chi connectivity index (χ4v) is 3.28. The van der Waals surface area contributed by atoms with Crippen LogP contribution in [0.25, 0.3) is 0 Å². The van der Waals surface area contributed by atoms with Crippen LogP contribution in [0.1, 0.15) is 97.0 Å². The van der Waals surface area contributed by atoms with E-state index in [2.05, 4.69) is 51.1 Å². The van der Waals surface area contributed by atoms with E-state index in [0.29, 0.717) is 0 Å². The molecule has 0 spiro atoms. The molecule has 0 saturated carbocycles. The van der Waals surface area contributed by atoms with E-state index in [1.165, 1.54) is 76.2 Å². The van der Waals surface area contributed by atoms with E-state index < -0.39 is 0 Å². The maximum atomic E-state index is 2.41. The van der Waals surface area contributed by atoms with Crippen molar-refractivity contribution in [3.63, 3.8) is 0 Å². The van der Waals surface area contributed by atoms with Crippen LogP contribution in [0.5, 0.6) is 0 Å². The van der Waals surface area contributed by atoms with Crippen molar-refractivity contribution in [3.8, 4) is 0 Å². The van der Waals surface area contributed by atoms with Crippen molar-refractivity contribution in [2.75, 3.05) is 0 Å². The van der Waals surface area contributed by atoms with Crippen molar-refractivity contribution in [1.29, 1.82) is 0 Å². The van der Waals surface area contributed by atoms with Crippen LogP contribution in [0.2, 0.25) is 0 Å². The Balaban J connectivity index is 1.96. The molecule has 1 aromatic carbocycles. The Morgan fingerprint density at radius 1 is 0.783 bits per heavy atom. The van der Waals surface area contributed by atoms with Crippen LogP contribution in [0, 0.1) is 11.8 Å². The zero-order valence-electron chi connectivity index (χ0n) is 15.9. The Morgan fingerprint density at radius 2 is 1.30 bits per heavy atom. The minimum absolute atomic E-state index is 0.768. The van der Waals surface area contributed by atoms with Gasteiger partial charge in [0.25, 0.3) is 0 Å². The maximum absolute atomic E-state index is 2.41. The van der Waals surface area contributed by atoms with Gasteiger partial charge in [-0.1, -0.05) is 122 Å². The summed E-state index contributed by atoms with van der Waals surface area (Å²) in [4.78, 5) is 0. The van der Waals surface area contributed by atoms with Crippen molar-refractivity contribution in [2.24, 2.45) is 5.92 Å². The number of rotatable bonds is 14. The molecule has 0 N–H and O–H groups in total. The van der Waals surface area contributed by atoms with Crippen LogP contribution in [0.4, 0.5) is 0 Å². The van der Waals surface area contributed by atoms with E-state index in [9.17, 15) is 0 Å². The van der Waals surface area contributed by atoms with Gasteiger partial charge in [0.05, 0.1) is 0 Å². The number of unbranched alkanes of at least 4 members (excludes halogenated alkanes) is 9. The second-order valence-corrected chi connectivity index (χ2v) is 7.38. The second-order valence-electron chi connectivity index (χ2n) is 7.38. The molecule has 0 aliphatic carbocycles. The largest absolute Gasteiger partial charge is 0.0654 e. The smallest absolute Gasteiger partial charge is 0.0200 e. The summed E-state index contributed by atoms with van der Waals surface area (Å²) in [7, 11) is 0. The molecule has 23 heavy (non-hydrogen) atoms. The molecule has 0 heterocycles. The molecular weight excluding hydrogens is 276 g/mol. The quantitative estimate of drug-likeness (QED) is 0.307. The summed E-state index contributed by atoms with van der Waals surface area (Å²) in [6.07, 6.45) is 16.9. The average Bonchev–Trinajstić information content (AvgIpc) is 2.57. The predicted octanol–water partition coefficient (Wildman–Crippen LogP) is 7.77. The van der Waals surface area contributed by atoms with Crippen LogP contribution < -0.4 is 0 Å². The standard InChI is InChI=1S/C23H39/c1-4-5-6-7-8-9-10-11-12-14-17-21(2)22(3)20-23-18-15-13-16-19-23/h13,15-16,18-19,21H,4-12,14,17,20H2,1-3H3. The predicted molar refractivity (Wildman–Crippen MR) is 105 cm³/mol. The van der Waals surface area contributed by atoms with Crippen LogP contribution >= 0.6 is 0 Å². The number of hydrogen-bond donors (Lipinski definition) is 0. The molecule has 1 rings (SSSR count). The Labute approximate surface area is 146 Å². The molecule has 1 unspecified atom stereocenters. The summed E-state index contributed by atoms with van der Waals surface area (Å²) in [6.45, 7) is 7.04. The number of hydrogen-bond acceptors (Lipinski definition) is 0. The van der Waals surface area contributed by atoms with Gasteiger partial charge in [0.1, 0.15) is 0 Å². The SMILES string of the molecule is CCCCCCCCCCCCC(C)[C](C)Cc1ccccc1. The maximum Gasteiger partial charge on any atom is -0.0200 e. The molecule has 0 aromatic heterocycles. The first-order valence-corrected chi connectivity index (χ1v) is 10.1. The summed E-state index contributed by atoms with van der Waals surface area (Å²) in [6, 6.07) is 10.9. The lowest BCUT2D eigenvalue weighted by Gasteiger charge is -2.19. The number of benzene rings is 1. The summed E-state index contributed by atoms with van der Waals surface area (Å²) in [5.74, 6) is 2.41. The van der Waals surface area contributed by atoms with Gasteiger partial charge in [0.2, 0.25) is 0 Å². The Bertz CT molecular complexity index is 354. The highest BCUT2D eigenvalue weighted by Crippen LogP contribution is 2.24. The third-order valence-electron chi connectivity index (χ3n) is 5.16. The molecule has 0 fully saturated rings. The van der Waals surface area contributed by atoms with Gasteiger partial charge in [-0.25, -0.2) is 0 Å². The molecule has 0 bridgehead atoms. The van der Waals surface area contributed by atoms with Gasteiger partial charge in [-0.15, -0.1) is 0 Å². The minimum Gasteiger partial charge on any atom is -0.0654 e. The van der Waals surface area contributed by atoms with E-state index in [4.69, 9.17) is 0 Å². The molecule has 0 heteroatoms. The second kappa shape index (κ2) is 13.6. The van der Waals surface area contributed by atoms with E-state index in [1.54, 1.807) is 5.92 Å². The highest BCUT2D eigenvalue weighted by molar-refractivity contribution is 5.19. The van der Waals surface area contributed by atoms with Gasteiger partial charge in [0.15, 0.2) is 0 Å². The topological polar surface area (TPSA) is 0 Å². The van der Waals surface area contributed by atoms with Gasteiger partial charge in [-0.3, -0.25) is 0 Å². The third kappa shape index (κ3) is 10.6. The van der Waals surface area contributed by atoms with Crippen molar-refractivity contribution in [2.45, 2.75) is 97.8 Å². The van der Waals surface area contributed by atoms with Crippen LogP contribution in [-0.2, 0) is 6.42 Å². The zero-order valence-corrected chi connectivity index (χ0v) is 15.9. The van der Waals surface area contributed by atoms with Gasteiger partial charge < -0.3 is 0 Å². The van der Waals surface area contributed by atoms with Crippen LogP contribution in [-0.4, -0.2) is 0 Å². The lowest BCUT2D eigenvalue weighted by atomic mass is 9.86. The first kappa shape index (κ1) is 20.3. The molecule has 1 aromatic rings. The van der Waals surface area contributed by atoms with Gasteiger partial charge in [-0.2, -0.15) is 0 Å². The monoisotopic (exact) mass is 315 g/mol. The highest BCUT2D eigenvalue weighted by atomic mass is 14.2. The first-order chi connectivity index (χ1) is 11.2. The lowest BCUT2D eigenvalue weighted by molar-refractivity contribution is 0.481. The average molecular weight is 316 g/mol. The van der Waals surface area contributed by atoms with E-state index in [-0.39, 0.29) is 0 Å². The Hall–Kier alpha value is -0.780. The Morgan fingerprint density at radius 3 is 1.87 bits per heavy atom. The minimum atomic E-state index is 0.768. The molecule has 0 aliphatic heterocycles. The normalized spacial score (nSPS) is 12.7. The molecular formula is C23H39. The van der Waals surface area contributed by atoms with Crippen molar-refractivity contribution >= 4 is 0 Å². The van der Waals surface area contributed by atoms with Crippen LogP contribution in [0.3, 0.4) is 0 Å². The van der Waals surface area contributed by atoms with Crippen molar-refractivity contribution < 1.29 is 0 Å². The fourth-order valence-electron chi connectivity index (χ4n) is 3.28. The fraction of sp³-hybridized carbons (Fsp3) is 0.696. The summed E-state index contributed by atoms with van der Waals surface area (Å²) in [5, 5.41) is 0. The lowest BCUT2D eigenvalue weighted by Crippen LogP contribution is -2.08. The zero-order chi connectivity index (χ0) is 16.8. The molecule has 0 amide bonds. The summed E-state index contributed by atoms with van der Waals surface area (Å²) in [5.41, 5.74) is 1.46. The highest BCUT2D eigenvalue weighted by Gasteiger charge is 2.12. The van der Waals surface area contributed by atoms with Crippen molar-refractivity contribution in [1.82, 2.24) is 0 Å². The van der Waals surface area contributed by atoms with Crippen molar-refractivity contribution in [3.05, 3.63) is 41.8 Å². The van der Waals surface area contributed by atoms with Gasteiger partial charge in [-0.05, 0) is 23.8 Å². The summed E-state index contributed by atoms with van der Waals surface area (Å²) >= 11 is 0. The molecule has 131 valence electrons. The van der Waals surface area contributed by atoms with Crippen LogP contribution in [0.15, 0.2) is 30.3 Å². The summed E-state index contributed by atoms with van der Waals surface area (Å²) < 4.78 is 0. The van der Waals surface area contributed by atoms with E-state index in [0.717, 1.165) is 12.3 Å². The molecule has 0 saturated heterocycles. The van der Waals surface area contributed by atoms with Gasteiger partial charge >= 0.3 is 0 Å². The molecule has 1 radical (unpaired) electrons. The van der Waals surface area contributed by atoms with E-state index in [1.807, 2.05) is 0 Å². The molecule has 0 nitrogen and oxygen atoms in total.